The molecule has 32 heavy (non-hydrogen) atoms. The van der Waals surface area contributed by atoms with E-state index in [1.165, 1.54) is 22.5 Å². The number of amides is 1. The number of hydrogen-bond donors (Lipinski definition) is 3. The van der Waals surface area contributed by atoms with Crippen LogP contribution in [0.1, 0.15) is 10.4 Å². The molecule has 3 heterocycles. The molecule has 1 aliphatic heterocycles. The molecule has 0 spiro atoms. The monoisotopic (exact) mass is 431 g/mol. The van der Waals surface area contributed by atoms with Crippen LogP contribution in [0.5, 0.6) is 0 Å². The maximum absolute atomic E-state index is 14.6. The number of aromatic nitrogens is 3. The molecule has 2 aromatic carbocycles. The van der Waals surface area contributed by atoms with Crippen LogP contribution < -0.4 is 21.3 Å². The van der Waals surface area contributed by atoms with Crippen LogP contribution >= 0.6 is 0 Å². The fourth-order valence-electron chi connectivity index (χ4n) is 3.97. The summed E-state index contributed by atoms with van der Waals surface area (Å²) >= 11 is 0. The Kier molecular flexibility index (Phi) is 5.16. The van der Waals surface area contributed by atoms with Crippen LogP contribution in [0.2, 0.25) is 0 Å². The number of benzene rings is 2. The van der Waals surface area contributed by atoms with Gasteiger partial charge in [-0.3, -0.25) is 9.36 Å². The summed E-state index contributed by atoms with van der Waals surface area (Å²) in [7, 11) is 0. The quantitative estimate of drug-likeness (QED) is 0.449. The topological polar surface area (TPSA) is 101 Å². The SMILES string of the molecule is NC(=O)c1cn(-c2ccnc(Nc3ccc(N4CCNCC4)cc3)n2)c2c(F)cccc12. The number of carbonyl (C=O) groups is 1. The summed E-state index contributed by atoms with van der Waals surface area (Å²) in [4.78, 5) is 23.0. The number of halogens is 1. The lowest BCUT2D eigenvalue weighted by molar-refractivity contribution is 0.100. The summed E-state index contributed by atoms with van der Waals surface area (Å²) in [5.41, 5.74) is 7.97. The highest BCUT2D eigenvalue weighted by Crippen LogP contribution is 2.27. The average Bonchev–Trinajstić information content (AvgIpc) is 3.22. The van der Waals surface area contributed by atoms with Gasteiger partial charge in [0, 0.05) is 55.3 Å². The Hall–Kier alpha value is -3.98. The molecule has 1 aliphatic rings. The molecule has 4 aromatic rings. The Bertz CT molecular complexity index is 1280. The molecule has 1 fully saturated rings. The number of rotatable bonds is 5. The number of nitrogens with two attached hydrogens (primary N) is 1. The van der Waals surface area contributed by atoms with Crippen molar-refractivity contribution in [2.45, 2.75) is 0 Å². The number of piperazine rings is 1. The van der Waals surface area contributed by atoms with Crippen LogP contribution in [-0.2, 0) is 0 Å². The highest BCUT2D eigenvalue weighted by Gasteiger charge is 2.18. The standard InChI is InChI=1S/C23H22FN7O/c24-19-3-1-2-17-18(22(25)32)14-31(21(17)19)20-8-9-27-23(29-20)28-15-4-6-16(7-5-15)30-12-10-26-11-13-30/h1-9,14,26H,10-13H2,(H2,25,32)(H,27,28,29). The van der Waals surface area contributed by atoms with Gasteiger partial charge < -0.3 is 21.3 Å². The molecule has 0 atom stereocenters. The van der Waals surface area contributed by atoms with Crippen molar-refractivity contribution in [2.24, 2.45) is 5.73 Å². The Morgan fingerprint density at radius 3 is 2.62 bits per heavy atom. The second-order valence-electron chi connectivity index (χ2n) is 7.56. The van der Waals surface area contributed by atoms with Crippen molar-refractivity contribution in [1.82, 2.24) is 19.9 Å². The van der Waals surface area contributed by atoms with Crippen LogP contribution in [0.15, 0.2) is 60.9 Å². The number of anilines is 3. The minimum absolute atomic E-state index is 0.233. The summed E-state index contributed by atoms with van der Waals surface area (Å²) in [5.74, 6) is -0.318. The van der Waals surface area contributed by atoms with Crippen molar-refractivity contribution >= 4 is 34.1 Å². The van der Waals surface area contributed by atoms with E-state index in [1.54, 1.807) is 24.4 Å². The normalized spacial score (nSPS) is 14.0. The third-order valence-corrected chi connectivity index (χ3v) is 5.53. The van der Waals surface area contributed by atoms with Crippen molar-refractivity contribution in [1.29, 1.82) is 0 Å². The zero-order valence-corrected chi connectivity index (χ0v) is 17.3. The van der Waals surface area contributed by atoms with E-state index in [-0.39, 0.29) is 11.1 Å². The predicted octanol–water partition coefficient (Wildman–Crippen LogP) is 2.81. The predicted molar refractivity (Wildman–Crippen MR) is 122 cm³/mol. The molecule has 0 bridgehead atoms. The lowest BCUT2D eigenvalue weighted by atomic mass is 10.1. The summed E-state index contributed by atoms with van der Waals surface area (Å²) in [6.45, 7) is 3.92. The number of hydrogen-bond acceptors (Lipinski definition) is 6. The molecule has 0 aliphatic carbocycles. The van der Waals surface area contributed by atoms with Gasteiger partial charge in [-0.05, 0) is 36.4 Å². The smallest absolute Gasteiger partial charge is 0.250 e. The molecule has 8 nitrogen and oxygen atoms in total. The van der Waals surface area contributed by atoms with Gasteiger partial charge in [-0.25, -0.2) is 9.37 Å². The Labute approximate surface area is 183 Å². The van der Waals surface area contributed by atoms with E-state index in [4.69, 9.17) is 5.73 Å². The second-order valence-corrected chi connectivity index (χ2v) is 7.56. The maximum Gasteiger partial charge on any atom is 0.250 e. The zero-order valence-electron chi connectivity index (χ0n) is 17.3. The molecular weight excluding hydrogens is 409 g/mol. The molecule has 162 valence electrons. The average molecular weight is 431 g/mol. The number of nitrogens with one attached hydrogen (secondary N) is 2. The first-order chi connectivity index (χ1) is 15.6. The van der Waals surface area contributed by atoms with Gasteiger partial charge in [0.15, 0.2) is 0 Å². The van der Waals surface area contributed by atoms with Crippen LogP contribution in [-0.4, -0.2) is 46.6 Å². The molecule has 2 aromatic heterocycles. The maximum atomic E-state index is 14.6. The Balaban J connectivity index is 1.44. The fourth-order valence-corrected chi connectivity index (χ4v) is 3.97. The van der Waals surface area contributed by atoms with Crippen LogP contribution in [0, 0.1) is 5.82 Å². The largest absolute Gasteiger partial charge is 0.369 e. The van der Waals surface area contributed by atoms with Gasteiger partial charge in [0.05, 0.1) is 11.1 Å². The molecule has 4 N–H and O–H groups in total. The number of nitrogens with zero attached hydrogens (tertiary/aromatic N) is 4. The Morgan fingerprint density at radius 2 is 1.88 bits per heavy atom. The van der Waals surface area contributed by atoms with E-state index < -0.39 is 11.7 Å². The van der Waals surface area contributed by atoms with Crippen LogP contribution in [0.25, 0.3) is 16.7 Å². The zero-order chi connectivity index (χ0) is 22.1. The Morgan fingerprint density at radius 1 is 1.09 bits per heavy atom. The molecule has 0 unspecified atom stereocenters. The molecular formula is C23H22FN7O. The van der Waals surface area contributed by atoms with Crippen molar-refractivity contribution in [3.8, 4) is 5.82 Å². The van der Waals surface area contributed by atoms with Crippen LogP contribution in [0.3, 0.4) is 0 Å². The third kappa shape index (κ3) is 3.74. The van der Waals surface area contributed by atoms with E-state index in [0.29, 0.717) is 17.2 Å². The van der Waals surface area contributed by atoms with Gasteiger partial charge in [0.1, 0.15) is 11.6 Å². The molecule has 5 rings (SSSR count). The van der Waals surface area contributed by atoms with Crippen molar-refractivity contribution < 1.29 is 9.18 Å². The van der Waals surface area contributed by atoms with E-state index in [2.05, 4.69) is 37.6 Å². The van der Waals surface area contributed by atoms with Crippen LogP contribution in [0.4, 0.5) is 21.7 Å². The van der Waals surface area contributed by atoms with E-state index in [9.17, 15) is 9.18 Å². The molecule has 0 radical (unpaired) electrons. The van der Waals surface area contributed by atoms with Gasteiger partial charge >= 0.3 is 0 Å². The van der Waals surface area contributed by atoms with Gasteiger partial charge in [-0.2, -0.15) is 4.98 Å². The highest BCUT2D eigenvalue weighted by atomic mass is 19.1. The third-order valence-electron chi connectivity index (χ3n) is 5.53. The van der Waals surface area contributed by atoms with Gasteiger partial charge in [0.25, 0.3) is 5.91 Å². The first-order valence-electron chi connectivity index (χ1n) is 10.4. The molecule has 1 amide bonds. The second kappa shape index (κ2) is 8.27. The number of para-hydroxylation sites is 1. The minimum Gasteiger partial charge on any atom is -0.369 e. The highest BCUT2D eigenvalue weighted by molar-refractivity contribution is 6.06. The van der Waals surface area contributed by atoms with E-state index in [1.807, 2.05) is 12.1 Å². The summed E-state index contributed by atoms with van der Waals surface area (Å²) in [5, 5.41) is 6.97. The van der Waals surface area contributed by atoms with Crippen molar-refractivity contribution in [3.05, 3.63) is 72.3 Å². The number of carbonyl (C=O) groups excluding carboxylic acids is 1. The van der Waals surface area contributed by atoms with Gasteiger partial charge in [-0.15, -0.1) is 0 Å². The first kappa shape index (κ1) is 20.0. The van der Waals surface area contributed by atoms with Crippen molar-refractivity contribution in [3.63, 3.8) is 0 Å². The number of primary amides is 1. The van der Waals surface area contributed by atoms with E-state index in [0.717, 1.165) is 31.9 Å². The lowest BCUT2D eigenvalue weighted by Crippen LogP contribution is -2.43. The van der Waals surface area contributed by atoms with E-state index >= 15 is 0 Å². The molecule has 9 heteroatoms. The lowest BCUT2D eigenvalue weighted by Gasteiger charge is -2.29. The van der Waals surface area contributed by atoms with Gasteiger partial charge in [-0.1, -0.05) is 12.1 Å². The molecule has 1 saturated heterocycles. The van der Waals surface area contributed by atoms with Gasteiger partial charge in [0.2, 0.25) is 5.95 Å². The first-order valence-corrected chi connectivity index (χ1v) is 10.4. The minimum atomic E-state index is -0.628. The molecule has 0 saturated carbocycles. The van der Waals surface area contributed by atoms with Crippen molar-refractivity contribution in [2.75, 3.05) is 36.4 Å². The fraction of sp³-hybridized carbons (Fsp3) is 0.174. The number of fused-ring (bicyclic) bond motifs is 1. The summed E-state index contributed by atoms with van der Waals surface area (Å²) in [6, 6.07) is 14.3. The summed E-state index contributed by atoms with van der Waals surface area (Å²) < 4.78 is 16.1. The summed E-state index contributed by atoms with van der Waals surface area (Å²) in [6.07, 6.45) is 3.08.